The van der Waals surface area contributed by atoms with Crippen molar-refractivity contribution < 1.29 is 18.3 Å². The van der Waals surface area contributed by atoms with E-state index in [1.807, 2.05) is 30.3 Å². The van der Waals surface area contributed by atoms with Gasteiger partial charge in [-0.1, -0.05) is 30.3 Å². The number of benzene rings is 1. The fourth-order valence-corrected chi connectivity index (χ4v) is 4.23. The van der Waals surface area contributed by atoms with Gasteiger partial charge in [0.15, 0.2) is 0 Å². The standard InChI is InChI=1S/C15H13N3O4S2/c19-15(20)12-6-14(23-10-12)24(21,22)17-13-7-16-18(9-13)8-11-4-2-1-3-5-11/h1-7,9-10,17H,8H2,(H,19,20). The molecule has 2 aromatic heterocycles. The van der Waals surface area contributed by atoms with Gasteiger partial charge < -0.3 is 5.11 Å². The molecule has 0 amide bonds. The van der Waals surface area contributed by atoms with Crippen molar-refractivity contribution in [3.8, 4) is 0 Å². The number of nitrogens with one attached hydrogen (secondary N) is 1. The molecular formula is C15H13N3O4S2. The number of aromatic nitrogens is 2. The van der Waals surface area contributed by atoms with Crippen LogP contribution in [0.15, 0.2) is 58.4 Å². The van der Waals surface area contributed by atoms with E-state index in [0.29, 0.717) is 12.2 Å². The summed E-state index contributed by atoms with van der Waals surface area (Å²) in [6, 6.07) is 10.8. The lowest BCUT2D eigenvalue weighted by Crippen LogP contribution is -2.11. The molecule has 2 N–H and O–H groups in total. The second-order valence-electron chi connectivity index (χ2n) is 4.98. The van der Waals surface area contributed by atoms with E-state index < -0.39 is 16.0 Å². The van der Waals surface area contributed by atoms with E-state index in [0.717, 1.165) is 23.0 Å². The van der Waals surface area contributed by atoms with E-state index >= 15 is 0 Å². The number of rotatable bonds is 6. The fourth-order valence-electron chi connectivity index (χ4n) is 2.05. The molecular weight excluding hydrogens is 350 g/mol. The van der Waals surface area contributed by atoms with Crippen LogP contribution < -0.4 is 4.72 Å². The van der Waals surface area contributed by atoms with E-state index in [1.54, 1.807) is 10.9 Å². The summed E-state index contributed by atoms with van der Waals surface area (Å²) in [5.41, 5.74) is 1.30. The quantitative estimate of drug-likeness (QED) is 0.701. The number of carboxylic acids is 1. The Labute approximate surface area is 142 Å². The molecule has 0 aliphatic heterocycles. The van der Waals surface area contributed by atoms with Crippen LogP contribution >= 0.6 is 11.3 Å². The van der Waals surface area contributed by atoms with E-state index in [9.17, 15) is 13.2 Å². The zero-order valence-corrected chi connectivity index (χ0v) is 13.9. The summed E-state index contributed by atoms with van der Waals surface area (Å²) in [5, 5.41) is 14.3. The first kappa shape index (κ1) is 16.2. The molecule has 3 rings (SSSR count). The van der Waals surface area contributed by atoms with Crippen LogP contribution in [0.1, 0.15) is 15.9 Å². The Morgan fingerprint density at radius 3 is 2.71 bits per heavy atom. The predicted molar refractivity (Wildman–Crippen MR) is 89.9 cm³/mol. The maximum Gasteiger partial charge on any atom is 0.336 e. The van der Waals surface area contributed by atoms with Crippen LogP contribution in [-0.4, -0.2) is 29.3 Å². The number of carboxylic acid groups (broad SMARTS) is 1. The number of hydrogen-bond donors (Lipinski definition) is 2. The van der Waals surface area contributed by atoms with Crippen molar-refractivity contribution in [3.05, 3.63) is 65.3 Å². The van der Waals surface area contributed by atoms with Crippen molar-refractivity contribution in [1.29, 1.82) is 0 Å². The van der Waals surface area contributed by atoms with Crippen LogP contribution in [0.25, 0.3) is 0 Å². The largest absolute Gasteiger partial charge is 0.478 e. The molecule has 0 atom stereocenters. The molecule has 0 aliphatic carbocycles. The highest BCUT2D eigenvalue weighted by Crippen LogP contribution is 2.23. The minimum absolute atomic E-state index is 0.0554. The van der Waals surface area contributed by atoms with Gasteiger partial charge >= 0.3 is 5.97 Å². The zero-order chi connectivity index (χ0) is 17.2. The Hall–Kier alpha value is -2.65. The summed E-state index contributed by atoms with van der Waals surface area (Å²) in [6.07, 6.45) is 2.99. The topological polar surface area (TPSA) is 101 Å². The second-order valence-corrected chi connectivity index (χ2v) is 7.80. The smallest absolute Gasteiger partial charge is 0.336 e. The lowest BCUT2D eigenvalue weighted by molar-refractivity contribution is 0.0697. The Balaban J connectivity index is 1.74. The third-order valence-electron chi connectivity index (χ3n) is 3.16. The van der Waals surface area contributed by atoms with E-state index in [-0.39, 0.29) is 9.77 Å². The molecule has 7 nitrogen and oxygen atoms in total. The molecule has 1 aromatic carbocycles. The Morgan fingerprint density at radius 1 is 1.29 bits per heavy atom. The minimum atomic E-state index is -3.83. The van der Waals surface area contributed by atoms with Crippen molar-refractivity contribution in [2.24, 2.45) is 0 Å². The monoisotopic (exact) mass is 363 g/mol. The van der Waals surface area contributed by atoms with Crippen molar-refractivity contribution in [2.45, 2.75) is 10.8 Å². The van der Waals surface area contributed by atoms with Crippen LogP contribution in [0.5, 0.6) is 0 Å². The summed E-state index contributed by atoms with van der Waals surface area (Å²) in [7, 11) is -3.83. The highest BCUT2D eigenvalue weighted by molar-refractivity contribution is 7.94. The van der Waals surface area contributed by atoms with Crippen LogP contribution in [-0.2, 0) is 16.6 Å². The summed E-state index contributed by atoms with van der Waals surface area (Å²) >= 11 is 0.855. The second kappa shape index (κ2) is 6.46. The van der Waals surface area contributed by atoms with E-state index in [1.165, 1.54) is 11.6 Å². The van der Waals surface area contributed by atoms with E-state index in [4.69, 9.17) is 5.11 Å². The molecule has 124 valence electrons. The summed E-state index contributed by atoms with van der Waals surface area (Å²) < 4.78 is 28.5. The fraction of sp³-hybridized carbons (Fsp3) is 0.0667. The van der Waals surface area contributed by atoms with Crippen molar-refractivity contribution in [1.82, 2.24) is 9.78 Å². The van der Waals surface area contributed by atoms with Gasteiger partial charge in [-0.15, -0.1) is 11.3 Å². The van der Waals surface area contributed by atoms with Crippen LogP contribution in [0.3, 0.4) is 0 Å². The number of nitrogens with zero attached hydrogens (tertiary/aromatic N) is 2. The molecule has 0 saturated carbocycles. The van der Waals surface area contributed by atoms with Crippen molar-refractivity contribution in [2.75, 3.05) is 4.72 Å². The third kappa shape index (κ3) is 3.63. The molecule has 0 unspecified atom stereocenters. The molecule has 0 radical (unpaired) electrons. The Bertz CT molecular complexity index is 962. The number of carbonyl (C=O) groups is 1. The minimum Gasteiger partial charge on any atom is -0.478 e. The lowest BCUT2D eigenvalue weighted by Gasteiger charge is -2.03. The SMILES string of the molecule is O=C(O)c1csc(S(=O)(=O)Nc2cnn(Cc3ccccc3)c2)c1. The zero-order valence-electron chi connectivity index (χ0n) is 12.3. The summed E-state index contributed by atoms with van der Waals surface area (Å²) in [5.74, 6) is -1.16. The molecule has 0 aliphatic rings. The molecule has 24 heavy (non-hydrogen) atoms. The van der Waals surface area contributed by atoms with Gasteiger partial charge in [0, 0.05) is 11.6 Å². The van der Waals surface area contributed by atoms with Crippen LogP contribution in [0, 0.1) is 0 Å². The van der Waals surface area contributed by atoms with E-state index in [2.05, 4.69) is 9.82 Å². The molecule has 0 saturated heterocycles. The Morgan fingerprint density at radius 2 is 2.04 bits per heavy atom. The molecule has 0 fully saturated rings. The average Bonchev–Trinajstić information content (AvgIpc) is 3.18. The normalized spacial score (nSPS) is 11.3. The van der Waals surface area contributed by atoms with Gasteiger partial charge in [-0.25, -0.2) is 13.2 Å². The maximum atomic E-state index is 12.3. The molecule has 0 spiro atoms. The first-order chi connectivity index (χ1) is 11.4. The third-order valence-corrected chi connectivity index (χ3v) is 5.98. The van der Waals surface area contributed by atoms with Gasteiger partial charge in [0.1, 0.15) is 4.21 Å². The van der Waals surface area contributed by atoms with Crippen molar-refractivity contribution >= 4 is 33.0 Å². The number of hydrogen-bond acceptors (Lipinski definition) is 5. The maximum absolute atomic E-state index is 12.3. The number of sulfonamides is 1. The highest BCUT2D eigenvalue weighted by atomic mass is 32.2. The molecule has 0 bridgehead atoms. The van der Waals surface area contributed by atoms with Gasteiger partial charge in [-0.3, -0.25) is 9.40 Å². The number of thiophene rings is 1. The van der Waals surface area contributed by atoms with Gasteiger partial charge in [0.2, 0.25) is 0 Å². The average molecular weight is 363 g/mol. The molecule has 2 heterocycles. The summed E-state index contributed by atoms with van der Waals surface area (Å²) in [4.78, 5) is 10.9. The highest BCUT2D eigenvalue weighted by Gasteiger charge is 2.19. The van der Waals surface area contributed by atoms with Gasteiger partial charge in [-0.05, 0) is 11.6 Å². The molecule has 9 heteroatoms. The summed E-state index contributed by atoms with van der Waals surface area (Å²) in [6.45, 7) is 0.519. The molecule has 3 aromatic rings. The number of aromatic carboxylic acids is 1. The first-order valence-corrected chi connectivity index (χ1v) is 9.21. The Kier molecular flexibility index (Phi) is 4.36. The van der Waals surface area contributed by atoms with Gasteiger partial charge in [-0.2, -0.15) is 5.10 Å². The number of anilines is 1. The van der Waals surface area contributed by atoms with Gasteiger partial charge in [0.05, 0.1) is 24.0 Å². The van der Waals surface area contributed by atoms with Crippen LogP contribution in [0.4, 0.5) is 5.69 Å². The van der Waals surface area contributed by atoms with Crippen LogP contribution in [0.2, 0.25) is 0 Å². The van der Waals surface area contributed by atoms with Crippen molar-refractivity contribution in [3.63, 3.8) is 0 Å². The predicted octanol–water partition coefficient (Wildman–Crippen LogP) is 2.49. The van der Waals surface area contributed by atoms with Gasteiger partial charge in [0.25, 0.3) is 10.0 Å². The lowest BCUT2D eigenvalue weighted by atomic mass is 10.2. The first-order valence-electron chi connectivity index (χ1n) is 6.85.